The predicted molar refractivity (Wildman–Crippen MR) is 266 cm³/mol. The second-order valence-electron chi connectivity index (χ2n) is 16.1. The third-order valence-electron chi connectivity index (χ3n) is 12.4. The van der Waals surface area contributed by atoms with Crippen LogP contribution in [0, 0.1) is 0 Å². The number of nitrogens with zero attached hydrogens (tertiary/aromatic N) is 1. The van der Waals surface area contributed by atoms with Gasteiger partial charge in [0.25, 0.3) is 0 Å². The minimum atomic E-state index is 1.16. The molecule has 0 amide bonds. The zero-order valence-corrected chi connectivity index (χ0v) is 34.7. The lowest BCUT2D eigenvalue weighted by molar-refractivity contribution is 1.18. The van der Waals surface area contributed by atoms with Gasteiger partial charge < -0.3 is 4.57 Å². The Kier molecular flexibility index (Phi) is 8.76. The molecule has 0 saturated carbocycles. The summed E-state index contributed by atoms with van der Waals surface area (Å²) in [5.74, 6) is 0. The molecule has 0 bridgehead atoms. The number of hydrogen-bond donors (Lipinski definition) is 0. The molecule has 62 heavy (non-hydrogen) atoms. The molecule has 2 aromatic heterocycles. The summed E-state index contributed by atoms with van der Waals surface area (Å²) in [6.45, 7) is 0. The number of benzene rings is 10. The van der Waals surface area contributed by atoms with Crippen molar-refractivity contribution >= 4 is 53.3 Å². The molecule has 0 aliphatic rings. The van der Waals surface area contributed by atoms with Crippen LogP contribution in [0.5, 0.6) is 0 Å². The third-order valence-corrected chi connectivity index (χ3v) is 13.6. The Hall–Kier alpha value is -7.78. The second kappa shape index (κ2) is 15.0. The monoisotopic (exact) mass is 805 g/mol. The van der Waals surface area contributed by atoms with Gasteiger partial charge in [0.15, 0.2) is 0 Å². The summed E-state index contributed by atoms with van der Waals surface area (Å²) in [4.78, 5) is 0. The zero-order valence-electron chi connectivity index (χ0n) is 33.9. The molecule has 290 valence electrons. The Morgan fingerprint density at radius 1 is 0.258 bits per heavy atom. The fourth-order valence-electron chi connectivity index (χ4n) is 9.33. The standard InChI is InChI=1S/C60H39NS/c1-5-15-40(16-6-1)43-21-13-22-44(33-43)48-34-49(36-50(35-48)47-29-32-59-56(39-47)53-26-14-25-52(60(53)62-59)42-19-9-3-10-20-42)46-28-31-58-55(38-46)54-37-45(41-17-7-2-8-18-41)27-30-57(54)61(58)51-23-11-4-12-24-51/h1-39H. The highest BCUT2D eigenvalue weighted by Gasteiger charge is 2.17. The van der Waals surface area contributed by atoms with Gasteiger partial charge in [-0.2, -0.15) is 0 Å². The minimum absolute atomic E-state index is 1.16. The van der Waals surface area contributed by atoms with E-state index < -0.39 is 0 Å². The maximum Gasteiger partial charge on any atom is 0.0541 e. The molecule has 0 aliphatic carbocycles. The molecule has 12 aromatic rings. The van der Waals surface area contributed by atoms with Crippen LogP contribution in [-0.2, 0) is 0 Å². The quantitative estimate of drug-likeness (QED) is 0.151. The van der Waals surface area contributed by atoms with Crippen LogP contribution in [-0.4, -0.2) is 4.57 Å². The summed E-state index contributed by atoms with van der Waals surface area (Å²) < 4.78 is 5.04. The number of fused-ring (bicyclic) bond motifs is 6. The van der Waals surface area contributed by atoms with Crippen LogP contribution in [0.1, 0.15) is 0 Å². The summed E-state index contributed by atoms with van der Waals surface area (Å²) in [5, 5.41) is 5.07. The smallest absolute Gasteiger partial charge is 0.0541 e. The highest BCUT2D eigenvalue weighted by molar-refractivity contribution is 7.26. The molecule has 12 rings (SSSR count). The third kappa shape index (κ3) is 6.32. The molecule has 1 nitrogen and oxygen atoms in total. The minimum Gasteiger partial charge on any atom is -0.309 e. The van der Waals surface area contributed by atoms with E-state index in [1.54, 1.807) is 0 Å². The molecular formula is C60H39NS. The average molecular weight is 806 g/mol. The fraction of sp³-hybridized carbons (Fsp3) is 0. The maximum absolute atomic E-state index is 2.41. The number of rotatable bonds is 7. The summed E-state index contributed by atoms with van der Waals surface area (Å²) in [6.07, 6.45) is 0. The number of para-hydroxylation sites is 1. The van der Waals surface area contributed by atoms with Crippen molar-refractivity contribution in [3.8, 4) is 72.4 Å². The van der Waals surface area contributed by atoms with Crippen molar-refractivity contribution in [3.63, 3.8) is 0 Å². The van der Waals surface area contributed by atoms with E-state index in [0.29, 0.717) is 0 Å². The molecule has 0 fully saturated rings. The van der Waals surface area contributed by atoms with Crippen molar-refractivity contribution in [1.82, 2.24) is 4.57 Å². The van der Waals surface area contributed by atoms with Gasteiger partial charge in [0.05, 0.1) is 11.0 Å². The molecule has 0 unspecified atom stereocenters. The van der Waals surface area contributed by atoms with Crippen LogP contribution in [0.15, 0.2) is 237 Å². The van der Waals surface area contributed by atoms with Crippen molar-refractivity contribution in [2.24, 2.45) is 0 Å². The summed E-state index contributed by atoms with van der Waals surface area (Å²) in [6, 6.07) is 86.8. The summed E-state index contributed by atoms with van der Waals surface area (Å²) in [7, 11) is 0. The van der Waals surface area contributed by atoms with Crippen molar-refractivity contribution in [2.75, 3.05) is 0 Å². The van der Waals surface area contributed by atoms with Gasteiger partial charge in [-0.05, 0) is 140 Å². The Morgan fingerprint density at radius 2 is 0.677 bits per heavy atom. The zero-order chi connectivity index (χ0) is 41.0. The van der Waals surface area contributed by atoms with Crippen molar-refractivity contribution in [1.29, 1.82) is 0 Å². The van der Waals surface area contributed by atoms with Gasteiger partial charge in [-0.25, -0.2) is 0 Å². The van der Waals surface area contributed by atoms with Crippen molar-refractivity contribution in [2.45, 2.75) is 0 Å². The Bertz CT molecular complexity index is 3600. The molecule has 0 saturated heterocycles. The largest absolute Gasteiger partial charge is 0.309 e. The lowest BCUT2D eigenvalue weighted by Gasteiger charge is -2.13. The van der Waals surface area contributed by atoms with Gasteiger partial charge in [-0.3, -0.25) is 0 Å². The van der Waals surface area contributed by atoms with Crippen molar-refractivity contribution < 1.29 is 0 Å². The molecule has 0 aliphatic heterocycles. The second-order valence-corrected chi connectivity index (χ2v) is 17.2. The van der Waals surface area contributed by atoms with Crippen LogP contribution < -0.4 is 0 Å². The molecule has 2 heterocycles. The van der Waals surface area contributed by atoms with Gasteiger partial charge in [-0.15, -0.1) is 11.3 Å². The lowest BCUT2D eigenvalue weighted by Crippen LogP contribution is -1.93. The van der Waals surface area contributed by atoms with E-state index in [1.165, 1.54) is 109 Å². The fourth-order valence-corrected chi connectivity index (χ4v) is 10.5. The van der Waals surface area contributed by atoms with Crippen LogP contribution >= 0.6 is 11.3 Å². The highest BCUT2D eigenvalue weighted by atomic mass is 32.1. The Morgan fingerprint density at radius 3 is 1.26 bits per heavy atom. The van der Waals surface area contributed by atoms with Crippen molar-refractivity contribution in [3.05, 3.63) is 237 Å². The first-order valence-electron chi connectivity index (χ1n) is 21.2. The Balaban J connectivity index is 1.06. The first-order valence-corrected chi connectivity index (χ1v) is 22.0. The van der Waals surface area contributed by atoms with Gasteiger partial charge >= 0.3 is 0 Å². The molecule has 0 spiro atoms. The van der Waals surface area contributed by atoms with E-state index in [-0.39, 0.29) is 0 Å². The van der Waals surface area contributed by atoms with Crippen LogP contribution in [0.4, 0.5) is 0 Å². The number of thiophene rings is 1. The number of hydrogen-bond acceptors (Lipinski definition) is 1. The molecule has 10 aromatic carbocycles. The SMILES string of the molecule is c1ccc(-c2cccc(-c3cc(-c4ccc5sc6c(-c7ccccc7)cccc6c5c4)cc(-c4ccc5c(c4)c4cc(-c6ccccc6)ccc4n5-c4ccccc4)c3)c2)cc1. The highest BCUT2D eigenvalue weighted by Crippen LogP contribution is 2.43. The van der Waals surface area contributed by atoms with Crippen LogP contribution in [0.3, 0.4) is 0 Å². The van der Waals surface area contributed by atoms with Gasteiger partial charge in [0.2, 0.25) is 0 Å². The molecule has 0 N–H and O–H groups in total. The van der Waals surface area contributed by atoms with E-state index >= 15 is 0 Å². The molecule has 0 radical (unpaired) electrons. The summed E-state index contributed by atoms with van der Waals surface area (Å²) in [5.41, 5.74) is 18.1. The first kappa shape index (κ1) is 36.1. The predicted octanol–water partition coefficient (Wildman–Crippen LogP) is 17.2. The molecular weight excluding hydrogens is 767 g/mol. The topological polar surface area (TPSA) is 4.93 Å². The molecule has 2 heteroatoms. The van der Waals surface area contributed by atoms with E-state index in [2.05, 4.69) is 241 Å². The van der Waals surface area contributed by atoms with E-state index in [9.17, 15) is 0 Å². The first-order chi connectivity index (χ1) is 30.7. The van der Waals surface area contributed by atoms with Crippen LogP contribution in [0.2, 0.25) is 0 Å². The van der Waals surface area contributed by atoms with Gasteiger partial charge in [-0.1, -0.05) is 164 Å². The van der Waals surface area contributed by atoms with E-state index in [0.717, 1.165) is 5.69 Å². The normalized spacial score (nSPS) is 11.5. The van der Waals surface area contributed by atoms with E-state index in [4.69, 9.17) is 0 Å². The van der Waals surface area contributed by atoms with E-state index in [1.807, 2.05) is 11.3 Å². The van der Waals surface area contributed by atoms with Gasteiger partial charge in [0, 0.05) is 36.6 Å². The van der Waals surface area contributed by atoms with Gasteiger partial charge in [0.1, 0.15) is 0 Å². The lowest BCUT2D eigenvalue weighted by atomic mass is 9.91. The summed E-state index contributed by atoms with van der Waals surface area (Å²) >= 11 is 1.89. The Labute approximate surface area is 365 Å². The van der Waals surface area contributed by atoms with Crippen LogP contribution in [0.25, 0.3) is 114 Å². The maximum atomic E-state index is 2.41. The number of aromatic nitrogens is 1. The molecule has 0 atom stereocenters. The average Bonchev–Trinajstić information content (AvgIpc) is 3.90.